The highest BCUT2D eigenvalue weighted by molar-refractivity contribution is 6.06. The van der Waals surface area contributed by atoms with E-state index in [2.05, 4.69) is 0 Å². The summed E-state index contributed by atoms with van der Waals surface area (Å²) in [6.07, 6.45) is 0. The van der Waals surface area contributed by atoms with Gasteiger partial charge in [-0.3, -0.25) is 4.79 Å². The van der Waals surface area contributed by atoms with Crippen LogP contribution in [0, 0.1) is 19.7 Å². The second-order valence-electron chi connectivity index (χ2n) is 4.87. The number of carbonyl (C=O) groups excluding carboxylic acids is 1. The summed E-state index contributed by atoms with van der Waals surface area (Å²) in [4.78, 5) is 14.1. The maximum atomic E-state index is 13.9. The van der Waals surface area contributed by atoms with Crippen molar-refractivity contribution in [3.05, 3.63) is 65.0 Å². The molecule has 0 radical (unpaired) electrons. The topological polar surface area (TPSA) is 20.3 Å². The molecular weight excluding hydrogens is 253 g/mol. The van der Waals surface area contributed by atoms with E-state index in [1.165, 1.54) is 6.07 Å². The van der Waals surface area contributed by atoms with Gasteiger partial charge >= 0.3 is 0 Å². The number of anilines is 1. The van der Waals surface area contributed by atoms with Crippen LogP contribution in [-0.2, 0) is 0 Å². The van der Waals surface area contributed by atoms with Gasteiger partial charge in [-0.15, -0.1) is 0 Å². The SMILES string of the molecule is CCN(C(=O)c1cc(C)ccc1F)c1cccc(C)c1. The van der Waals surface area contributed by atoms with Crippen molar-refractivity contribution in [2.24, 2.45) is 0 Å². The minimum atomic E-state index is -0.480. The van der Waals surface area contributed by atoms with Crippen molar-refractivity contribution in [1.29, 1.82) is 0 Å². The van der Waals surface area contributed by atoms with E-state index >= 15 is 0 Å². The fourth-order valence-corrected chi connectivity index (χ4v) is 2.19. The Morgan fingerprint density at radius 3 is 2.45 bits per heavy atom. The molecule has 0 bridgehead atoms. The number of aryl methyl sites for hydroxylation is 2. The predicted molar refractivity (Wildman–Crippen MR) is 79.7 cm³/mol. The summed E-state index contributed by atoms with van der Waals surface area (Å²) in [5, 5.41) is 0. The standard InChI is InChI=1S/C17H18FNO/c1-4-19(14-7-5-6-12(2)10-14)17(20)15-11-13(3)8-9-16(15)18/h5-11H,4H2,1-3H3. The number of carbonyl (C=O) groups is 1. The van der Waals surface area contributed by atoms with Crippen molar-refractivity contribution in [2.75, 3.05) is 11.4 Å². The summed E-state index contributed by atoms with van der Waals surface area (Å²) >= 11 is 0. The van der Waals surface area contributed by atoms with Crippen molar-refractivity contribution in [2.45, 2.75) is 20.8 Å². The molecule has 0 aliphatic carbocycles. The molecule has 0 atom stereocenters. The van der Waals surface area contributed by atoms with E-state index in [4.69, 9.17) is 0 Å². The molecule has 2 aromatic rings. The third kappa shape index (κ3) is 2.87. The summed E-state index contributed by atoms with van der Waals surface area (Å²) in [6, 6.07) is 12.2. The normalized spacial score (nSPS) is 10.4. The first-order valence-corrected chi connectivity index (χ1v) is 6.67. The zero-order valence-corrected chi connectivity index (χ0v) is 12.0. The first-order valence-electron chi connectivity index (χ1n) is 6.67. The second kappa shape index (κ2) is 5.87. The number of nitrogens with zero attached hydrogens (tertiary/aromatic N) is 1. The highest BCUT2D eigenvalue weighted by Gasteiger charge is 2.19. The van der Waals surface area contributed by atoms with Gasteiger partial charge in [-0.05, 0) is 50.6 Å². The Morgan fingerprint density at radius 1 is 1.10 bits per heavy atom. The van der Waals surface area contributed by atoms with Crippen LogP contribution in [0.5, 0.6) is 0 Å². The van der Waals surface area contributed by atoms with E-state index in [-0.39, 0.29) is 11.5 Å². The van der Waals surface area contributed by atoms with E-state index in [1.807, 2.05) is 45.0 Å². The monoisotopic (exact) mass is 271 g/mol. The van der Waals surface area contributed by atoms with Crippen LogP contribution in [0.2, 0.25) is 0 Å². The molecule has 0 heterocycles. The van der Waals surface area contributed by atoms with Gasteiger partial charge in [-0.1, -0.05) is 23.8 Å². The highest BCUT2D eigenvalue weighted by atomic mass is 19.1. The van der Waals surface area contributed by atoms with Gasteiger partial charge in [0.05, 0.1) is 5.56 Å². The van der Waals surface area contributed by atoms with E-state index in [0.717, 1.165) is 16.8 Å². The van der Waals surface area contributed by atoms with Crippen molar-refractivity contribution >= 4 is 11.6 Å². The second-order valence-corrected chi connectivity index (χ2v) is 4.87. The molecular formula is C17H18FNO. The highest BCUT2D eigenvalue weighted by Crippen LogP contribution is 2.20. The number of amides is 1. The van der Waals surface area contributed by atoms with Crippen LogP contribution in [0.1, 0.15) is 28.4 Å². The number of halogens is 1. The maximum absolute atomic E-state index is 13.9. The molecule has 104 valence electrons. The van der Waals surface area contributed by atoms with Gasteiger partial charge in [0.1, 0.15) is 5.82 Å². The quantitative estimate of drug-likeness (QED) is 0.822. The maximum Gasteiger partial charge on any atom is 0.261 e. The summed E-state index contributed by atoms with van der Waals surface area (Å²) in [7, 11) is 0. The average Bonchev–Trinajstić information content (AvgIpc) is 2.42. The first kappa shape index (κ1) is 14.3. The lowest BCUT2D eigenvalue weighted by molar-refractivity contribution is 0.0984. The molecule has 0 saturated heterocycles. The van der Waals surface area contributed by atoms with Crippen LogP contribution in [-0.4, -0.2) is 12.5 Å². The summed E-state index contributed by atoms with van der Waals surface area (Å²) in [5.41, 5.74) is 2.85. The lowest BCUT2D eigenvalue weighted by Crippen LogP contribution is -2.31. The fraction of sp³-hybridized carbons (Fsp3) is 0.235. The number of rotatable bonds is 3. The van der Waals surface area contributed by atoms with Gasteiger partial charge in [0.2, 0.25) is 0 Å². The molecule has 1 amide bonds. The summed E-state index contributed by atoms with van der Waals surface area (Å²) in [6.45, 7) is 6.19. The molecule has 0 spiro atoms. The molecule has 2 aromatic carbocycles. The Kier molecular flexibility index (Phi) is 4.18. The van der Waals surface area contributed by atoms with Crippen LogP contribution < -0.4 is 4.90 Å². The smallest absolute Gasteiger partial charge is 0.261 e. The van der Waals surface area contributed by atoms with Gasteiger partial charge in [0.15, 0.2) is 0 Å². The Morgan fingerprint density at radius 2 is 1.80 bits per heavy atom. The summed E-state index contributed by atoms with van der Waals surface area (Å²) in [5.74, 6) is -0.786. The third-order valence-corrected chi connectivity index (χ3v) is 3.23. The van der Waals surface area contributed by atoms with E-state index in [9.17, 15) is 9.18 Å². The van der Waals surface area contributed by atoms with Crippen molar-refractivity contribution < 1.29 is 9.18 Å². The van der Waals surface area contributed by atoms with E-state index in [0.29, 0.717) is 6.54 Å². The molecule has 0 aromatic heterocycles. The molecule has 0 fully saturated rings. The Bertz CT molecular complexity index is 637. The Balaban J connectivity index is 2.41. The zero-order valence-electron chi connectivity index (χ0n) is 12.0. The third-order valence-electron chi connectivity index (χ3n) is 3.23. The number of benzene rings is 2. The minimum absolute atomic E-state index is 0.119. The summed E-state index contributed by atoms with van der Waals surface area (Å²) < 4.78 is 13.9. The van der Waals surface area contributed by atoms with Crippen LogP contribution >= 0.6 is 0 Å². The zero-order chi connectivity index (χ0) is 14.7. The minimum Gasteiger partial charge on any atom is -0.309 e. The molecule has 0 aliphatic rings. The van der Waals surface area contributed by atoms with Crippen LogP contribution in [0.4, 0.5) is 10.1 Å². The van der Waals surface area contributed by atoms with Crippen molar-refractivity contribution in [3.8, 4) is 0 Å². The molecule has 3 heteroatoms. The molecule has 2 rings (SSSR count). The largest absolute Gasteiger partial charge is 0.309 e. The van der Waals surface area contributed by atoms with Crippen molar-refractivity contribution in [3.63, 3.8) is 0 Å². The molecule has 0 aliphatic heterocycles. The van der Waals surface area contributed by atoms with Crippen molar-refractivity contribution in [1.82, 2.24) is 0 Å². The lowest BCUT2D eigenvalue weighted by Gasteiger charge is -2.22. The molecule has 0 N–H and O–H groups in total. The van der Waals surface area contributed by atoms with Gasteiger partial charge < -0.3 is 4.90 Å². The van der Waals surface area contributed by atoms with Gasteiger partial charge in [0.25, 0.3) is 5.91 Å². The first-order chi connectivity index (χ1) is 9.52. The number of hydrogen-bond acceptors (Lipinski definition) is 1. The van der Waals surface area contributed by atoms with E-state index in [1.54, 1.807) is 17.0 Å². The number of hydrogen-bond donors (Lipinski definition) is 0. The molecule has 2 nitrogen and oxygen atoms in total. The van der Waals surface area contributed by atoms with Crippen LogP contribution in [0.15, 0.2) is 42.5 Å². The van der Waals surface area contributed by atoms with Gasteiger partial charge in [-0.2, -0.15) is 0 Å². The Labute approximate surface area is 118 Å². The molecule has 0 unspecified atom stereocenters. The van der Waals surface area contributed by atoms with E-state index < -0.39 is 5.82 Å². The van der Waals surface area contributed by atoms with Crippen LogP contribution in [0.25, 0.3) is 0 Å². The Hall–Kier alpha value is -2.16. The van der Waals surface area contributed by atoms with Crippen LogP contribution in [0.3, 0.4) is 0 Å². The van der Waals surface area contributed by atoms with Gasteiger partial charge in [-0.25, -0.2) is 4.39 Å². The average molecular weight is 271 g/mol. The molecule has 20 heavy (non-hydrogen) atoms. The molecule has 0 saturated carbocycles. The lowest BCUT2D eigenvalue weighted by atomic mass is 10.1. The predicted octanol–water partition coefficient (Wildman–Crippen LogP) is 4.11. The van der Waals surface area contributed by atoms with Gasteiger partial charge in [0, 0.05) is 12.2 Å². The fourth-order valence-electron chi connectivity index (χ4n) is 2.19.